The molecule has 0 saturated carbocycles. The number of alkyl halides is 2. The number of nitrogens with zero attached hydrogens (tertiary/aromatic N) is 7. The van der Waals surface area contributed by atoms with E-state index in [2.05, 4.69) is 44.0 Å². The summed E-state index contributed by atoms with van der Waals surface area (Å²) in [5.41, 5.74) is 2.01. The number of carbonyl (C=O) groups is 1. The molecule has 46 heavy (non-hydrogen) atoms. The Morgan fingerprint density at radius 2 is 1.96 bits per heavy atom. The first-order valence-electron chi connectivity index (χ1n) is 14.6. The number of rotatable bonds is 8. The molecule has 2 aromatic heterocycles. The molecule has 2 N–H and O–H groups in total. The lowest BCUT2D eigenvalue weighted by Crippen LogP contribution is -2.56. The van der Waals surface area contributed by atoms with Gasteiger partial charge in [0.2, 0.25) is 5.88 Å². The molecular formula is C31H37ClF2N8O4. The van der Waals surface area contributed by atoms with E-state index in [1.54, 1.807) is 19.2 Å². The second-order valence-electron chi connectivity index (χ2n) is 11.3. The van der Waals surface area contributed by atoms with Crippen molar-refractivity contribution in [3.8, 4) is 29.0 Å². The number of ether oxygens (including phenoxy) is 2. The summed E-state index contributed by atoms with van der Waals surface area (Å²) in [6.45, 7) is 5.20. The Hall–Kier alpha value is -4.32. The van der Waals surface area contributed by atoms with Crippen molar-refractivity contribution in [3.05, 3.63) is 48.3 Å². The van der Waals surface area contributed by atoms with Gasteiger partial charge in [-0.1, -0.05) is 0 Å². The lowest BCUT2D eigenvalue weighted by atomic mass is 10.0. The van der Waals surface area contributed by atoms with Crippen molar-refractivity contribution in [3.63, 3.8) is 0 Å². The number of aromatic nitrogens is 3. The van der Waals surface area contributed by atoms with Crippen LogP contribution in [0.4, 0.5) is 26.1 Å². The van der Waals surface area contributed by atoms with Crippen LogP contribution in [-0.4, -0.2) is 107 Å². The average molecular weight is 659 g/mol. The normalized spacial score (nSPS) is 20.2. The zero-order valence-electron chi connectivity index (χ0n) is 26.0. The molecule has 2 fully saturated rings. The summed E-state index contributed by atoms with van der Waals surface area (Å²) in [4.78, 5) is 30.7. The van der Waals surface area contributed by atoms with E-state index in [-0.39, 0.29) is 36.7 Å². The van der Waals surface area contributed by atoms with Crippen molar-refractivity contribution in [1.29, 1.82) is 5.26 Å². The number of likely N-dealkylation sites (tertiary alicyclic amines) is 1. The quantitative estimate of drug-likeness (QED) is 0.366. The number of anilines is 3. The van der Waals surface area contributed by atoms with E-state index >= 15 is 0 Å². The van der Waals surface area contributed by atoms with E-state index in [1.807, 2.05) is 18.2 Å². The average Bonchev–Trinajstić information content (AvgIpc) is 3.03. The molecule has 2 aliphatic heterocycles. The van der Waals surface area contributed by atoms with Crippen molar-refractivity contribution in [1.82, 2.24) is 24.8 Å². The van der Waals surface area contributed by atoms with Gasteiger partial charge in [-0.25, -0.2) is 18.7 Å². The van der Waals surface area contributed by atoms with Crippen LogP contribution in [0, 0.1) is 11.3 Å². The molecule has 15 heteroatoms. The molecule has 5 rings (SSSR count). The number of nitrogens with one attached hydrogen (secondary N) is 1. The maximum absolute atomic E-state index is 14.9. The first kappa shape index (κ1) is 34.6. The van der Waals surface area contributed by atoms with Crippen LogP contribution in [0.15, 0.2) is 42.7 Å². The summed E-state index contributed by atoms with van der Waals surface area (Å²) in [6.07, 6.45) is -1.70. The summed E-state index contributed by atoms with van der Waals surface area (Å²) >= 11 is 0. The van der Waals surface area contributed by atoms with Gasteiger partial charge in [-0.15, -0.1) is 12.4 Å². The van der Waals surface area contributed by atoms with Crippen molar-refractivity contribution >= 4 is 35.6 Å². The Balaban J connectivity index is 0.00000480. The minimum Gasteiger partial charge on any atom is -0.483 e. The van der Waals surface area contributed by atoms with E-state index in [0.717, 1.165) is 30.2 Å². The highest BCUT2D eigenvalue weighted by atomic mass is 35.5. The lowest BCUT2D eigenvalue weighted by Gasteiger charge is -2.39. The van der Waals surface area contributed by atoms with E-state index in [4.69, 9.17) is 9.47 Å². The third-order valence-electron chi connectivity index (χ3n) is 8.13. The standard InChI is InChI=1S/C31H36F2N8O4.ClH/c1-19-16-40(12-11-39(19)3)24-6-8-27(38-29(24)44-4)37-28-14-23(35-18-36-28)21-5-7-25(22(13-21)15-34)45-26-9-10-41(17-31(26,32)33)30(43)20(2)42;/h5-8,13-14,18-20,26,42H,9-12,16-17H2,1-4H3,(H,35,36,37,38);1H/t19-,20?,26?;/m1./s1. The van der Waals surface area contributed by atoms with Crippen LogP contribution >= 0.6 is 12.4 Å². The number of benzene rings is 1. The molecule has 3 aromatic rings. The summed E-state index contributed by atoms with van der Waals surface area (Å²) < 4.78 is 41.0. The van der Waals surface area contributed by atoms with Crippen LogP contribution < -0.4 is 19.7 Å². The number of carbonyl (C=O) groups excluding carboxylic acids is 1. The maximum atomic E-state index is 14.9. The molecule has 2 aliphatic rings. The van der Waals surface area contributed by atoms with Gasteiger partial charge in [0, 0.05) is 50.3 Å². The lowest BCUT2D eigenvalue weighted by molar-refractivity contribution is -0.165. The molecule has 0 radical (unpaired) electrons. The van der Waals surface area contributed by atoms with Gasteiger partial charge in [0.15, 0.2) is 6.10 Å². The fourth-order valence-corrected chi connectivity index (χ4v) is 5.43. The minimum atomic E-state index is -3.38. The van der Waals surface area contributed by atoms with Crippen molar-refractivity contribution in [2.24, 2.45) is 0 Å². The molecule has 0 spiro atoms. The number of methoxy groups -OCH3 is 1. The predicted molar refractivity (Wildman–Crippen MR) is 170 cm³/mol. The molecule has 1 aromatic carbocycles. The summed E-state index contributed by atoms with van der Waals surface area (Å²) in [7, 11) is 3.70. The molecule has 0 bridgehead atoms. The Kier molecular flexibility index (Phi) is 10.8. The second-order valence-corrected chi connectivity index (χ2v) is 11.3. The fraction of sp³-hybridized carbons (Fsp3) is 0.452. The minimum absolute atomic E-state index is 0. The van der Waals surface area contributed by atoms with Gasteiger partial charge in [0.05, 0.1) is 24.9 Å². The Morgan fingerprint density at radius 3 is 2.63 bits per heavy atom. The number of piperidine rings is 1. The molecule has 4 heterocycles. The van der Waals surface area contributed by atoms with Gasteiger partial charge in [0.25, 0.3) is 5.91 Å². The SMILES string of the molecule is COc1nc(Nc2cc(-c3ccc(OC4CCN(C(=O)C(C)O)CC4(F)F)c(C#N)c3)ncn2)ccc1N1CCN(C)[C@H](C)C1.Cl. The number of amides is 1. The van der Waals surface area contributed by atoms with Gasteiger partial charge >= 0.3 is 5.92 Å². The number of aliphatic hydroxyl groups excluding tert-OH is 1. The number of likely N-dealkylation sites (N-methyl/N-ethyl adjacent to an activating group) is 1. The monoisotopic (exact) mass is 658 g/mol. The number of pyridine rings is 1. The van der Waals surface area contributed by atoms with Crippen LogP contribution in [0.1, 0.15) is 25.8 Å². The van der Waals surface area contributed by atoms with Crippen LogP contribution in [0.3, 0.4) is 0 Å². The second kappa shape index (κ2) is 14.4. The fourth-order valence-electron chi connectivity index (χ4n) is 5.43. The summed E-state index contributed by atoms with van der Waals surface area (Å²) in [5, 5.41) is 22.5. The smallest absolute Gasteiger partial charge is 0.301 e. The van der Waals surface area contributed by atoms with Crippen LogP contribution in [-0.2, 0) is 4.79 Å². The number of halogens is 3. The molecular weight excluding hydrogens is 622 g/mol. The number of aliphatic hydroxyl groups is 1. The van der Waals surface area contributed by atoms with E-state index in [1.165, 1.54) is 25.4 Å². The highest BCUT2D eigenvalue weighted by Crippen LogP contribution is 2.35. The molecule has 2 unspecified atom stereocenters. The van der Waals surface area contributed by atoms with Crippen LogP contribution in [0.2, 0.25) is 0 Å². The van der Waals surface area contributed by atoms with Crippen molar-refractivity contribution < 1.29 is 28.2 Å². The Labute approximate surface area is 272 Å². The van der Waals surface area contributed by atoms with Crippen LogP contribution in [0.25, 0.3) is 11.3 Å². The highest BCUT2D eigenvalue weighted by molar-refractivity contribution is 5.85. The molecule has 1 amide bonds. The molecule has 2 saturated heterocycles. The number of nitriles is 1. The molecule has 246 valence electrons. The van der Waals surface area contributed by atoms with Gasteiger partial charge in [-0.2, -0.15) is 10.2 Å². The van der Waals surface area contributed by atoms with Crippen molar-refractivity contribution in [2.75, 3.05) is 57.1 Å². The van der Waals surface area contributed by atoms with Crippen molar-refractivity contribution in [2.45, 2.75) is 44.4 Å². The summed E-state index contributed by atoms with van der Waals surface area (Å²) in [5.74, 6) is -2.68. The first-order chi connectivity index (χ1) is 21.5. The predicted octanol–water partition coefficient (Wildman–Crippen LogP) is 3.72. The van der Waals surface area contributed by atoms with E-state index in [0.29, 0.717) is 34.8 Å². The van der Waals surface area contributed by atoms with Gasteiger partial charge in [-0.3, -0.25) is 4.79 Å². The van der Waals surface area contributed by atoms with Crippen LogP contribution in [0.5, 0.6) is 11.6 Å². The largest absolute Gasteiger partial charge is 0.483 e. The topological polar surface area (TPSA) is 140 Å². The summed E-state index contributed by atoms with van der Waals surface area (Å²) in [6, 6.07) is 12.5. The first-order valence-corrected chi connectivity index (χ1v) is 14.6. The van der Waals surface area contributed by atoms with E-state index in [9.17, 15) is 23.9 Å². The maximum Gasteiger partial charge on any atom is 0.301 e. The third-order valence-corrected chi connectivity index (χ3v) is 8.13. The molecule has 0 aliphatic carbocycles. The number of piperazine rings is 1. The third kappa shape index (κ3) is 7.55. The number of hydrogen-bond acceptors (Lipinski definition) is 11. The van der Waals surface area contributed by atoms with E-state index < -0.39 is 30.6 Å². The molecule has 3 atom stereocenters. The highest BCUT2D eigenvalue weighted by Gasteiger charge is 2.48. The van der Waals surface area contributed by atoms with Gasteiger partial charge in [-0.05, 0) is 51.2 Å². The zero-order valence-corrected chi connectivity index (χ0v) is 26.8. The van der Waals surface area contributed by atoms with Gasteiger partial charge < -0.3 is 34.6 Å². The Morgan fingerprint density at radius 1 is 1.17 bits per heavy atom. The number of hydrogen-bond donors (Lipinski definition) is 2. The Bertz CT molecular complexity index is 1590. The molecule has 12 nitrogen and oxygen atoms in total. The van der Waals surface area contributed by atoms with Gasteiger partial charge in [0.1, 0.15) is 41.6 Å². The zero-order chi connectivity index (χ0) is 32.3.